The fourth-order valence-electron chi connectivity index (χ4n) is 1.39. The van der Waals surface area contributed by atoms with E-state index >= 15 is 0 Å². The van der Waals surface area contributed by atoms with Crippen LogP contribution in [0.15, 0.2) is 12.3 Å². The molecule has 1 heterocycles. The maximum Gasteiger partial charge on any atom is 0.388 e. The Kier molecular flexibility index (Phi) is 2.16. The summed E-state index contributed by atoms with van der Waals surface area (Å²) >= 11 is 0. The van der Waals surface area contributed by atoms with Gasteiger partial charge < -0.3 is 4.74 Å². The van der Waals surface area contributed by atoms with Crippen LogP contribution in [0.25, 0.3) is 0 Å². The van der Waals surface area contributed by atoms with Crippen LogP contribution in [0.4, 0.5) is 8.78 Å². The van der Waals surface area contributed by atoms with E-state index in [2.05, 4.69) is 9.84 Å². The maximum absolute atomic E-state index is 11.9. The minimum atomic E-state index is -2.77. The molecule has 0 unspecified atom stereocenters. The van der Waals surface area contributed by atoms with Crippen molar-refractivity contribution in [1.29, 1.82) is 0 Å². The summed E-state index contributed by atoms with van der Waals surface area (Å²) in [4.78, 5) is 0. The van der Waals surface area contributed by atoms with Crippen molar-refractivity contribution in [2.75, 3.05) is 0 Å². The molecule has 0 saturated heterocycles. The third-order valence-corrected chi connectivity index (χ3v) is 2.26. The molecule has 1 aliphatic carbocycles. The van der Waals surface area contributed by atoms with Crippen LogP contribution in [0.3, 0.4) is 0 Å². The number of alkyl halides is 2. The van der Waals surface area contributed by atoms with Crippen LogP contribution in [-0.2, 0) is 0 Å². The SMILES string of the molecule is FC(F)Oc1ccnn1C1CCC1. The summed E-state index contributed by atoms with van der Waals surface area (Å²) in [6, 6.07) is 1.72. The first-order valence-corrected chi connectivity index (χ1v) is 4.25. The van der Waals surface area contributed by atoms with Gasteiger partial charge in [0.05, 0.1) is 12.2 Å². The molecular weight excluding hydrogens is 178 g/mol. The fraction of sp³-hybridized carbons (Fsp3) is 0.625. The summed E-state index contributed by atoms with van der Waals surface area (Å²) in [5.74, 6) is 0.166. The monoisotopic (exact) mass is 188 g/mol. The Bertz CT molecular complexity index is 283. The van der Waals surface area contributed by atoms with E-state index in [1.54, 1.807) is 0 Å². The van der Waals surface area contributed by atoms with E-state index in [4.69, 9.17) is 0 Å². The Morgan fingerprint density at radius 1 is 1.54 bits per heavy atom. The second-order valence-electron chi connectivity index (χ2n) is 3.08. The molecular formula is C8H10F2N2O. The van der Waals surface area contributed by atoms with Gasteiger partial charge in [0.1, 0.15) is 0 Å². The summed E-state index contributed by atoms with van der Waals surface area (Å²) in [7, 11) is 0. The molecule has 0 spiro atoms. The molecule has 0 N–H and O–H groups in total. The molecule has 0 aromatic carbocycles. The van der Waals surface area contributed by atoms with Gasteiger partial charge in [-0.05, 0) is 19.3 Å². The lowest BCUT2D eigenvalue weighted by molar-refractivity contribution is -0.0576. The second kappa shape index (κ2) is 3.32. The van der Waals surface area contributed by atoms with Gasteiger partial charge in [0, 0.05) is 6.07 Å². The third-order valence-electron chi connectivity index (χ3n) is 2.26. The van der Waals surface area contributed by atoms with E-state index in [0.29, 0.717) is 0 Å². The molecule has 5 heteroatoms. The van der Waals surface area contributed by atoms with Gasteiger partial charge in [-0.15, -0.1) is 0 Å². The van der Waals surface area contributed by atoms with Crippen LogP contribution in [0.5, 0.6) is 5.88 Å². The lowest BCUT2D eigenvalue weighted by atomic mass is 9.93. The number of halogens is 2. The number of nitrogens with zero attached hydrogens (tertiary/aromatic N) is 2. The zero-order chi connectivity index (χ0) is 9.26. The molecule has 0 atom stereocenters. The third kappa shape index (κ3) is 1.64. The van der Waals surface area contributed by atoms with Gasteiger partial charge in [0.2, 0.25) is 5.88 Å². The largest absolute Gasteiger partial charge is 0.417 e. The van der Waals surface area contributed by atoms with Crippen molar-refractivity contribution in [3.8, 4) is 5.88 Å². The molecule has 0 bridgehead atoms. The summed E-state index contributed by atoms with van der Waals surface area (Å²) in [5, 5.41) is 3.95. The Balaban J connectivity index is 2.10. The van der Waals surface area contributed by atoms with Gasteiger partial charge in [-0.3, -0.25) is 0 Å². The molecule has 1 saturated carbocycles. The lowest BCUT2D eigenvalue weighted by Gasteiger charge is -2.26. The van der Waals surface area contributed by atoms with Crippen molar-refractivity contribution in [1.82, 2.24) is 9.78 Å². The first-order chi connectivity index (χ1) is 6.27. The maximum atomic E-state index is 11.9. The molecule has 1 fully saturated rings. The van der Waals surface area contributed by atoms with Crippen molar-refractivity contribution >= 4 is 0 Å². The standard InChI is InChI=1S/C8H10F2N2O/c9-8(10)13-7-4-5-11-12(7)6-2-1-3-6/h4-6,8H,1-3H2. The Morgan fingerprint density at radius 2 is 2.31 bits per heavy atom. The fourth-order valence-corrected chi connectivity index (χ4v) is 1.39. The van der Waals surface area contributed by atoms with Crippen LogP contribution >= 0.6 is 0 Å². The second-order valence-corrected chi connectivity index (χ2v) is 3.08. The minimum absolute atomic E-state index is 0.166. The molecule has 0 amide bonds. The Hall–Kier alpha value is -1.13. The van der Waals surface area contributed by atoms with E-state index < -0.39 is 6.61 Å². The van der Waals surface area contributed by atoms with Gasteiger partial charge in [-0.1, -0.05) is 0 Å². The van der Waals surface area contributed by atoms with E-state index in [-0.39, 0.29) is 11.9 Å². The van der Waals surface area contributed by atoms with E-state index in [1.807, 2.05) is 0 Å². The van der Waals surface area contributed by atoms with Crippen molar-refractivity contribution in [2.24, 2.45) is 0 Å². The number of hydrogen-bond acceptors (Lipinski definition) is 2. The summed E-state index contributed by atoms with van der Waals surface area (Å²) in [6.45, 7) is -2.77. The normalized spacial score (nSPS) is 17.5. The lowest BCUT2D eigenvalue weighted by Crippen LogP contribution is -2.20. The first kappa shape index (κ1) is 8.47. The predicted octanol–water partition coefficient (Wildman–Crippen LogP) is 2.21. The van der Waals surface area contributed by atoms with E-state index in [9.17, 15) is 8.78 Å². The zero-order valence-corrected chi connectivity index (χ0v) is 6.99. The van der Waals surface area contributed by atoms with Crippen LogP contribution in [-0.4, -0.2) is 16.4 Å². The molecule has 1 aromatic heterocycles. The molecule has 0 aliphatic heterocycles. The Labute approximate surface area is 74.3 Å². The van der Waals surface area contributed by atoms with Crippen molar-refractivity contribution in [2.45, 2.75) is 31.9 Å². The van der Waals surface area contributed by atoms with E-state index in [1.165, 1.54) is 16.9 Å². The molecule has 1 aliphatic rings. The summed E-state index contributed by atoms with van der Waals surface area (Å²) < 4.78 is 29.6. The van der Waals surface area contributed by atoms with Crippen LogP contribution < -0.4 is 4.74 Å². The molecule has 1 aromatic rings. The Morgan fingerprint density at radius 3 is 2.85 bits per heavy atom. The highest BCUT2D eigenvalue weighted by Gasteiger charge is 2.23. The van der Waals surface area contributed by atoms with Gasteiger partial charge in [-0.25, -0.2) is 4.68 Å². The average molecular weight is 188 g/mol. The first-order valence-electron chi connectivity index (χ1n) is 4.25. The smallest absolute Gasteiger partial charge is 0.388 e. The van der Waals surface area contributed by atoms with Crippen LogP contribution in [0, 0.1) is 0 Å². The van der Waals surface area contributed by atoms with Crippen molar-refractivity contribution in [3.05, 3.63) is 12.3 Å². The highest BCUT2D eigenvalue weighted by Crippen LogP contribution is 2.34. The number of aromatic nitrogens is 2. The average Bonchev–Trinajstić information content (AvgIpc) is 2.32. The van der Waals surface area contributed by atoms with Crippen LogP contribution in [0.2, 0.25) is 0 Å². The van der Waals surface area contributed by atoms with Crippen molar-refractivity contribution in [3.63, 3.8) is 0 Å². The molecule has 72 valence electrons. The summed E-state index contributed by atoms with van der Waals surface area (Å²) in [5.41, 5.74) is 0. The molecule has 13 heavy (non-hydrogen) atoms. The topological polar surface area (TPSA) is 27.1 Å². The number of rotatable bonds is 3. The van der Waals surface area contributed by atoms with E-state index in [0.717, 1.165) is 19.3 Å². The number of hydrogen-bond donors (Lipinski definition) is 0. The highest BCUT2D eigenvalue weighted by molar-refractivity contribution is 5.09. The minimum Gasteiger partial charge on any atom is -0.417 e. The van der Waals surface area contributed by atoms with Gasteiger partial charge >= 0.3 is 6.61 Å². The van der Waals surface area contributed by atoms with Crippen molar-refractivity contribution < 1.29 is 13.5 Å². The van der Waals surface area contributed by atoms with Gasteiger partial charge in [0.15, 0.2) is 0 Å². The highest BCUT2D eigenvalue weighted by atomic mass is 19.3. The quantitative estimate of drug-likeness (QED) is 0.727. The van der Waals surface area contributed by atoms with Gasteiger partial charge in [0.25, 0.3) is 0 Å². The zero-order valence-electron chi connectivity index (χ0n) is 6.99. The van der Waals surface area contributed by atoms with Crippen LogP contribution in [0.1, 0.15) is 25.3 Å². The molecule has 0 radical (unpaired) electrons. The number of ether oxygens (including phenoxy) is 1. The molecule has 3 nitrogen and oxygen atoms in total. The van der Waals surface area contributed by atoms with Gasteiger partial charge in [-0.2, -0.15) is 13.9 Å². The summed E-state index contributed by atoms with van der Waals surface area (Å²) in [6.07, 6.45) is 4.62. The molecule has 2 rings (SSSR count). The predicted molar refractivity (Wildman–Crippen MR) is 41.7 cm³/mol.